The summed E-state index contributed by atoms with van der Waals surface area (Å²) < 4.78 is 11.8. The Morgan fingerprint density at radius 3 is 2.45 bits per heavy atom. The van der Waals surface area contributed by atoms with E-state index in [1.165, 1.54) is 0 Å². The van der Waals surface area contributed by atoms with Crippen LogP contribution in [0.3, 0.4) is 0 Å². The number of rotatable bonds is 4. The lowest BCUT2D eigenvalue weighted by Crippen LogP contribution is -2.50. The first-order valence-electron chi connectivity index (χ1n) is 7.61. The molecular weight excluding hydrogens is 276 g/mol. The fraction of sp³-hybridized carbons (Fsp3) is 0.389. The van der Waals surface area contributed by atoms with E-state index in [2.05, 4.69) is 11.9 Å². The Morgan fingerprint density at radius 1 is 1.14 bits per heavy atom. The average molecular weight is 298 g/mol. The summed E-state index contributed by atoms with van der Waals surface area (Å²) in [6.07, 6.45) is 2.22. The van der Waals surface area contributed by atoms with Crippen LogP contribution in [-0.4, -0.2) is 24.2 Å². The van der Waals surface area contributed by atoms with Gasteiger partial charge in [0.15, 0.2) is 6.29 Å². The zero-order chi connectivity index (χ0) is 15.4. The van der Waals surface area contributed by atoms with Crippen LogP contribution in [0, 0.1) is 5.41 Å². The lowest BCUT2D eigenvalue weighted by atomic mass is 9.81. The molecular formula is C18H22N2O2. The molecule has 116 valence electrons. The van der Waals surface area contributed by atoms with Gasteiger partial charge in [-0.05, 0) is 12.1 Å². The summed E-state index contributed by atoms with van der Waals surface area (Å²) in [7, 11) is 0. The zero-order valence-electron chi connectivity index (χ0n) is 12.8. The Kier molecular flexibility index (Phi) is 4.52. The van der Waals surface area contributed by atoms with Gasteiger partial charge in [0.25, 0.3) is 0 Å². The minimum atomic E-state index is -0.295. The molecule has 2 heterocycles. The first-order valence-corrected chi connectivity index (χ1v) is 7.61. The van der Waals surface area contributed by atoms with Crippen molar-refractivity contribution in [3.8, 4) is 0 Å². The monoisotopic (exact) mass is 298 g/mol. The lowest BCUT2D eigenvalue weighted by Gasteiger charge is -2.41. The predicted octanol–water partition coefficient (Wildman–Crippen LogP) is 2.70. The van der Waals surface area contributed by atoms with Crippen molar-refractivity contribution in [2.75, 3.05) is 13.2 Å². The molecule has 3 rings (SSSR count). The average Bonchev–Trinajstić information content (AvgIpc) is 2.57. The van der Waals surface area contributed by atoms with E-state index in [9.17, 15) is 0 Å². The summed E-state index contributed by atoms with van der Waals surface area (Å²) in [6, 6.07) is 15.8. The Labute approximate surface area is 131 Å². The van der Waals surface area contributed by atoms with E-state index in [0.717, 1.165) is 17.7 Å². The second-order valence-electron chi connectivity index (χ2n) is 6.15. The highest BCUT2D eigenvalue weighted by molar-refractivity contribution is 5.16. The van der Waals surface area contributed by atoms with Crippen molar-refractivity contribution >= 4 is 0 Å². The van der Waals surface area contributed by atoms with Crippen LogP contribution in [0.25, 0.3) is 0 Å². The number of nitrogens with two attached hydrogens (primary N) is 1. The van der Waals surface area contributed by atoms with Crippen molar-refractivity contribution in [3.63, 3.8) is 0 Å². The second-order valence-corrected chi connectivity index (χ2v) is 6.15. The molecule has 0 spiro atoms. The van der Waals surface area contributed by atoms with Crippen LogP contribution >= 0.6 is 0 Å². The fourth-order valence-corrected chi connectivity index (χ4v) is 2.63. The number of hydrogen-bond donors (Lipinski definition) is 1. The molecule has 0 bridgehead atoms. The molecule has 4 heteroatoms. The summed E-state index contributed by atoms with van der Waals surface area (Å²) in [5, 5.41) is 0. The Balaban J connectivity index is 1.61. The number of hydrogen-bond acceptors (Lipinski definition) is 4. The van der Waals surface area contributed by atoms with Crippen LogP contribution in [-0.2, 0) is 15.9 Å². The molecule has 2 aromatic rings. The zero-order valence-corrected chi connectivity index (χ0v) is 12.8. The van der Waals surface area contributed by atoms with Crippen LogP contribution in [0.1, 0.15) is 24.5 Å². The van der Waals surface area contributed by atoms with Crippen molar-refractivity contribution in [1.29, 1.82) is 0 Å². The highest BCUT2D eigenvalue weighted by Gasteiger charge is 2.38. The number of ether oxygens (including phenoxy) is 2. The number of benzene rings is 1. The van der Waals surface area contributed by atoms with E-state index in [0.29, 0.717) is 13.2 Å². The van der Waals surface area contributed by atoms with Crippen LogP contribution in [0.5, 0.6) is 0 Å². The molecule has 0 radical (unpaired) electrons. The van der Waals surface area contributed by atoms with Gasteiger partial charge in [-0.3, -0.25) is 4.98 Å². The molecule has 1 saturated heterocycles. The largest absolute Gasteiger partial charge is 0.348 e. The summed E-state index contributed by atoms with van der Waals surface area (Å²) in [5.74, 6) is 0. The SMILES string of the molecule is CC1([C@H](N)Cc2ccccn2)COC(c2ccccc2)OC1. The summed E-state index contributed by atoms with van der Waals surface area (Å²) in [6.45, 7) is 3.28. The smallest absolute Gasteiger partial charge is 0.183 e. The van der Waals surface area contributed by atoms with E-state index < -0.39 is 0 Å². The van der Waals surface area contributed by atoms with Crippen LogP contribution in [0.15, 0.2) is 54.7 Å². The van der Waals surface area contributed by atoms with Crippen LogP contribution in [0.2, 0.25) is 0 Å². The Hall–Kier alpha value is -1.75. The van der Waals surface area contributed by atoms with Gasteiger partial charge in [0, 0.05) is 35.3 Å². The molecule has 0 saturated carbocycles. The van der Waals surface area contributed by atoms with E-state index in [-0.39, 0.29) is 17.7 Å². The lowest BCUT2D eigenvalue weighted by molar-refractivity contribution is -0.234. The van der Waals surface area contributed by atoms with Gasteiger partial charge in [0.2, 0.25) is 0 Å². The Bertz CT molecular complexity index is 581. The number of pyridine rings is 1. The summed E-state index contributed by atoms with van der Waals surface area (Å²) in [5.41, 5.74) is 8.24. The minimum absolute atomic E-state index is 0.0564. The summed E-state index contributed by atoms with van der Waals surface area (Å²) >= 11 is 0. The number of nitrogens with zero attached hydrogens (tertiary/aromatic N) is 1. The topological polar surface area (TPSA) is 57.4 Å². The minimum Gasteiger partial charge on any atom is -0.348 e. The normalized spacial score (nSPS) is 26.5. The van der Waals surface area contributed by atoms with Gasteiger partial charge < -0.3 is 15.2 Å². The number of aromatic nitrogens is 1. The van der Waals surface area contributed by atoms with Gasteiger partial charge in [-0.2, -0.15) is 0 Å². The van der Waals surface area contributed by atoms with Crippen LogP contribution in [0.4, 0.5) is 0 Å². The standard InChI is InChI=1S/C18H22N2O2/c1-18(16(19)11-15-9-5-6-10-20-15)12-21-17(22-13-18)14-7-3-2-4-8-14/h2-10,16-17H,11-13,19H2,1H3/t16-,17?,18?/m1/s1. The van der Waals surface area contributed by atoms with Gasteiger partial charge in [-0.25, -0.2) is 0 Å². The molecule has 1 aromatic heterocycles. The molecule has 2 N–H and O–H groups in total. The molecule has 1 aliphatic rings. The quantitative estimate of drug-likeness (QED) is 0.943. The molecule has 1 atom stereocenters. The van der Waals surface area contributed by atoms with Gasteiger partial charge in [0.1, 0.15) is 0 Å². The highest BCUT2D eigenvalue weighted by Crippen LogP contribution is 2.34. The molecule has 1 aliphatic heterocycles. The highest BCUT2D eigenvalue weighted by atomic mass is 16.7. The maximum Gasteiger partial charge on any atom is 0.183 e. The van der Waals surface area contributed by atoms with Gasteiger partial charge in [-0.15, -0.1) is 0 Å². The molecule has 1 fully saturated rings. The third-order valence-corrected chi connectivity index (χ3v) is 4.25. The molecule has 0 unspecified atom stereocenters. The third kappa shape index (κ3) is 3.35. The third-order valence-electron chi connectivity index (χ3n) is 4.25. The van der Waals surface area contributed by atoms with Crippen molar-refractivity contribution in [1.82, 2.24) is 4.98 Å². The Morgan fingerprint density at radius 2 is 1.82 bits per heavy atom. The molecule has 1 aromatic carbocycles. The summed E-state index contributed by atoms with van der Waals surface area (Å²) in [4.78, 5) is 4.35. The van der Waals surface area contributed by atoms with E-state index in [1.807, 2.05) is 48.5 Å². The first-order chi connectivity index (χ1) is 10.7. The maximum atomic E-state index is 6.40. The van der Waals surface area contributed by atoms with Crippen molar-refractivity contribution in [3.05, 3.63) is 66.0 Å². The molecule has 22 heavy (non-hydrogen) atoms. The van der Waals surface area contributed by atoms with E-state index in [4.69, 9.17) is 15.2 Å². The second kappa shape index (κ2) is 6.57. The predicted molar refractivity (Wildman–Crippen MR) is 85.1 cm³/mol. The van der Waals surface area contributed by atoms with E-state index in [1.54, 1.807) is 6.20 Å². The molecule has 0 amide bonds. The maximum absolute atomic E-state index is 6.40. The molecule has 4 nitrogen and oxygen atoms in total. The molecule has 0 aliphatic carbocycles. The van der Waals surface area contributed by atoms with Gasteiger partial charge in [-0.1, -0.05) is 43.3 Å². The van der Waals surface area contributed by atoms with Gasteiger partial charge in [0.05, 0.1) is 13.2 Å². The first kappa shape index (κ1) is 15.2. The van der Waals surface area contributed by atoms with E-state index >= 15 is 0 Å². The van der Waals surface area contributed by atoms with Crippen molar-refractivity contribution in [2.24, 2.45) is 11.1 Å². The van der Waals surface area contributed by atoms with Crippen molar-refractivity contribution in [2.45, 2.75) is 25.7 Å². The van der Waals surface area contributed by atoms with Crippen molar-refractivity contribution < 1.29 is 9.47 Å². The van der Waals surface area contributed by atoms with Gasteiger partial charge >= 0.3 is 0 Å². The van der Waals surface area contributed by atoms with Crippen LogP contribution < -0.4 is 5.73 Å². The fourth-order valence-electron chi connectivity index (χ4n) is 2.63.